The molecule has 1 amide bonds. The van der Waals surface area contributed by atoms with Crippen molar-refractivity contribution in [2.75, 3.05) is 5.32 Å². The molecule has 3 aromatic rings. The Balaban J connectivity index is 1.60. The number of nitrogens with zero attached hydrogens (tertiary/aromatic N) is 2. The monoisotopic (exact) mass is 415 g/mol. The van der Waals surface area contributed by atoms with Gasteiger partial charge in [-0.2, -0.15) is 13.2 Å². The number of halogens is 3. The number of hydrogen-bond acceptors (Lipinski definition) is 6. The van der Waals surface area contributed by atoms with Crippen LogP contribution in [0.5, 0.6) is 0 Å². The van der Waals surface area contributed by atoms with Crippen molar-refractivity contribution in [3.63, 3.8) is 0 Å². The van der Waals surface area contributed by atoms with Gasteiger partial charge in [-0.1, -0.05) is 41.3 Å². The molecule has 0 fully saturated rings. The standard InChI is InChI=1S/C16H12F3N3OS3/c1-9-5-12(24-7-9)13(23)20-14-21-22-15(26-14)25-8-10-3-2-4-11(6-10)16(17,18)19/h2-7H,8H2,1H3,(H,20,21,23). The van der Waals surface area contributed by atoms with Crippen LogP contribution in [0, 0.1) is 6.92 Å². The van der Waals surface area contributed by atoms with Crippen molar-refractivity contribution in [3.8, 4) is 0 Å². The molecule has 2 heterocycles. The lowest BCUT2D eigenvalue weighted by Crippen LogP contribution is -2.09. The summed E-state index contributed by atoms with van der Waals surface area (Å²) >= 11 is 3.79. The number of aromatic nitrogens is 2. The van der Waals surface area contributed by atoms with Crippen molar-refractivity contribution in [1.29, 1.82) is 0 Å². The molecule has 3 rings (SSSR count). The van der Waals surface area contributed by atoms with E-state index in [2.05, 4.69) is 15.5 Å². The Morgan fingerprint density at radius 1 is 1.27 bits per heavy atom. The molecule has 0 atom stereocenters. The van der Waals surface area contributed by atoms with Crippen molar-refractivity contribution in [1.82, 2.24) is 10.2 Å². The first-order valence-electron chi connectivity index (χ1n) is 7.30. The van der Waals surface area contributed by atoms with Gasteiger partial charge >= 0.3 is 6.18 Å². The van der Waals surface area contributed by atoms with E-state index in [1.807, 2.05) is 12.3 Å². The molecule has 4 nitrogen and oxygen atoms in total. The number of carbonyl (C=O) groups excluding carboxylic acids is 1. The van der Waals surface area contributed by atoms with E-state index < -0.39 is 11.7 Å². The molecular weight excluding hydrogens is 403 g/mol. The Labute approximate surface area is 159 Å². The number of thioether (sulfide) groups is 1. The first-order valence-corrected chi connectivity index (χ1v) is 9.98. The number of anilines is 1. The predicted octanol–water partition coefficient (Wildman–Crippen LogP) is 5.47. The number of amides is 1. The number of alkyl halides is 3. The SMILES string of the molecule is Cc1csc(C(=O)Nc2nnc(SCc3cccc(C(F)(F)F)c3)s2)c1. The number of carbonyl (C=O) groups is 1. The Bertz CT molecular complexity index is 921. The minimum atomic E-state index is -4.36. The lowest BCUT2D eigenvalue weighted by Gasteiger charge is -2.07. The Morgan fingerprint density at radius 3 is 2.77 bits per heavy atom. The van der Waals surface area contributed by atoms with E-state index in [0.717, 1.165) is 17.7 Å². The summed E-state index contributed by atoms with van der Waals surface area (Å²) in [6.45, 7) is 1.90. The van der Waals surface area contributed by atoms with Crippen LogP contribution in [0.3, 0.4) is 0 Å². The van der Waals surface area contributed by atoms with Crippen molar-refractivity contribution in [2.24, 2.45) is 0 Å². The number of thiophene rings is 1. The van der Waals surface area contributed by atoms with E-state index in [1.54, 1.807) is 12.1 Å². The number of nitrogens with one attached hydrogen (secondary N) is 1. The number of hydrogen-bond donors (Lipinski definition) is 1. The zero-order valence-electron chi connectivity index (χ0n) is 13.3. The van der Waals surface area contributed by atoms with Gasteiger partial charge in [-0.25, -0.2) is 0 Å². The number of benzene rings is 1. The minimum absolute atomic E-state index is 0.256. The Kier molecular flexibility index (Phi) is 5.64. The van der Waals surface area contributed by atoms with Crippen LogP contribution in [-0.2, 0) is 11.9 Å². The third kappa shape index (κ3) is 4.83. The molecule has 0 radical (unpaired) electrons. The van der Waals surface area contributed by atoms with Gasteiger partial charge < -0.3 is 0 Å². The molecule has 136 valence electrons. The van der Waals surface area contributed by atoms with Gasteiger partial charge in [-0.3, -0.25) is 10.1 Å². The third-order valence-corrected chi connectivity index (χ3v) is 6.29. The minimum Gasteiger partial charge on any atom is -0.296 e. The fourth-order valence-corrected chi connectivity index (χ4v) is 4.49. The van der Waals surface area contributed by atoms with Crippen LogP contribution in [-0.4, -0.2) is 16.1 Å². The third-order valence-electron chi connectivity index (χ3n) is 3.20. The van der Waals surface area contributed by atoms with Gasteiger partial charge in [0, 0.05) is 5.75 Å². The summed E-state index contributed by atoms with van der Waals surface area (Å²) in [5.74, 6) is 0.0741. The van der Waals surface area contributed by atoms with E-state index in [1.165, 1.54) is 40.5 Å². The summed E-state index contributed by atoms with van der Waals surface area (Å²) in [6.07, 6.45) is -4.36. The largest absolute Gasteiger partial charge is 0.416 e. The zero-order valence-corrected chi connectivity index (χ0v) is 15.8. The molecule has 0 aliphatic heterocycles. The lowest BCUT2D eigenvalue weighted by atomic mass is 10.1. The molecule has 0 bridgehead atoms. The Hall–Kier alpha value is -1.91. The predicted molar refractivity (Wildman–Crippen MR) is 97.9 cm³/mol. The van der Waals surface area contributed by atoms with E-state index >= 15 is 0 Å². The topological polar surface area (TPSA) is 54.9 Å². The van der Waals surface area contributed by atoms with Crippen molar-refractivity contribution < 1.29 is 18.0 Å². The zero-order chi connectivity index (χ0) is 18.7. The molecule has 0 saturated carbocycles. The second-order valence-electron chi connectivity index (χ2n) is 5.30. The average molecular weight is 415 g/mol. The van der Waals surface area contributed by atoms with Gasteiger partial charge in [0.05, 0.1) is 10.4 Å². The molecule has 0 unspecified atom stereocenters. The van der Waals surface area contributed by atoms with E-state index in [-0.39, 0.29) is 5.91 Å². The molecule has 1 aromatic carbocycles. The fraction of sp³-hybridized carbons (Fsp3) is 0.188. The van der Waals surface area contributed by atoms with E-state index in [0.29, 0.717) is 25.7 Å². The lowest BCUT2D eigenvalue weighted by molar-refractivity contribution is -0.137. The molecule has 0 saturated heterocycles. The summed E-state index contributed by atoms with van der Waals surface area (Å²) in [7, 11) is 0. The summed E-state index contributed by atoms with van der Waals surface area (Å²) in [6, 6.07) is 6.96. The van der Waals surface area contributed by atoms with Gasteiger partial charge in [0.15, 0.2) is 4.34 Å². The van der Waals surface area contributed by atoms with Crippen molar-refractivity contribution in [3.05, 3.63) is 57.3 Å². The smallest absolute Gasteiger partial charge is 0.296 e. The van der Waals surface area contributed by atoms with Gasteiger partial charge in [-0.05, 0) is 35.6 Å². The van der Waals surface area contributed by atoms with Crippen LogP contribution >= 0.6 is 34.4 Å². The second-order valence-corrected chi connectivity index (χ2v) is 8.41. The van der Waals surface area contributed by atoms with Crippen LogP contribution in [0.4, 0.5) is 18.3 Å². The summed E-state index contributed by atoms with van der Waals surface area (Å²) in [5.41, 5.74) is 0.876. The van der Waals surface area contributed by atoms with Crippen LogP contribution in [0.15, 0.2) is 40.1 Å². The van der Waals surface area contributed by atoms with Gasteiger partial charge in [0.1, 0.15) is 0 Å². The fourth-order valence-electron chi connectivity index (χ4n) is 2.01. The molecule has 10 heteroatoms. The maximum atomic E-state index is 12.7. The van der Waals surface area contributed by atoms with Crippen LogP contribution in [0.25, 0.3) is 0 Å². The number of rotatable bonds is 5. The maximum absolute atomic E-state index is 12.7. The maximum Gasteiger partial charge on any atom is 0.416 e. The van der Waals surface area contributed by atoms with Gasteiger partial charge in [0.2, 0.25) is 5.13 Å². The van der Waals surface area contributed by atoms with Gasteiger partial charge in [0.25, 0.3) is 5.91 Å². The van der Waals surface area contributed by atoms with Crippen LogP contribution < -0.4 is 5.32 Å². The first-order chi connectivity index (χ1) is 12.3. The second kappa shape index (κ2) is 7.77. The van der Waals surface area contributed by atoms with E-state index in [4.69, 9.17) is 0 Å². The highest BCUT2D eigenvalue weighted by molar-refractivity contribution is 8.00. The molecule has 26 heavy (non-hydrogen) atoms. The molecule has 1 N–H and O–H groups in total. The molecule has 0 spiro atoms. The molecule has 0 aliphatic rings. The highest BCUT2D eigenvalue weighted by Gasteiger charge is 2.30. The highest BCUT2D eigenvalue weighted by atomic mass is 32.2. The summed E-state index contributed by atoms with van der Waals surface area (Å²) in [4.78, 5) is 12.7. The van der Waals surface area contributed by atoms with Crippen LogP contribution in [0.2, 0.25) is 0 Å². The molecule has 2 aromatic heterocycles. The summed E-state index contributed by atoms with van der Waals surface area (Å²) in [5, 5.41) is 12.8. The van der Waals surface area contributed by atoms with Crippen molar-refractivity contribution >= 4 is 45.5 Å². The normalized spacial score (nSPS) is 11.5. The summed E-state index contributed by atoms with van der Waals surface area (Å²) < 4.78 is 38.8. The number of aryl methyl sites for hydroxylation is 1. The quantitative estimate of drug-likeness (QED) is 0.443. The molecular formula is C16H12F3N3OS3. The van der Waals surface area contributed by atoms with Crippen LogP contribution in [0.1, 0.15) is 26.4 Å². The molecule has 0 aliphatic carbocycles. The van der Waals surface area contributed by atoms with E-state index in [9.17, 15) is 18.0 Å². The Morgan fingerprint density at radius 2 is 2.08 bits per heavy atom. The average Bonchev–Trinajstić information content (AvgIpc) is 3.21. The first kappa shape index (κ1) is 18.9. The van der Waals surface area contributed by atoms with Crippen molar-refractivity contribution in [2.45, 2.75) is 23.2 Å². The highest BCUT2D eigenvalue weighted by Crippen LogP contribution is 2.32. The van der Waals surface area contributed by atoms with Gasteiger partial charge in [-0.15, -0.1) is 21.5 Å².